The summed E-state index contributed by atoms with van der Waals surface area (Å²) in [6.07, 6.45) is -0.829. The van der Waals surface area contributed by atoms with E-state index in [1.54, 1.807) is 4.90 Å². The molecule has 1 aromatic rings. The second-order valence-corrected chi connectivity index (χ2v) is 7.01. The van der Waals surface area contributed by atoms with Gasteiger partial charge in [-0.3, -0.25) is 19.7 Å². The van der Waals surface area contributed by atoms with Crippen molar-refractivity contribution in [2.75, 3.05) is 18.8 Å². The molecule has 1 aliphatic heterocycles. The van der Waals surface area contributed by atoms with Gasteiger partial charge in [-0.1, -0.05) is 0 Å². The number of halogens is 1. The summed E-state index contributed by atoms with van der Waals surface area (Å²) in [4.78, 5) is 38.3. The van der Waals surface area contributed by atoms with E-state index in [0.717, 1.165) is 12.1 Å². The molecule has 0 radical (unpaired) electrons. The van der Waals surface area contributed by atoms with Crippen molar-refractivity contribution in [3.63, 3.8) is 0 Å². The van der Waals surface area contributed by atoms with E-state index < -0.39 is 35.3 Å². The summed E-state index contributed by atoms with van der Waals surface area (Å²) in [5.41, 5.74) is 5.66. The maximum Gasteiger partial charge on any atom is 0.252 e. The predicted octanol–water partition coefficient (Wildman–Crippen LogP) is -0.186. The number of nitrogens with two attached hydrogens (primary N) is 1. The van der Waals surface area contributed by atoms with Gasteiger partial charge in [0.25, 0.3) is 5.91 Å². The fourth-order valence-corrected chi connectivity index (χ4v) is 3.53. The largest absolute Gasteiger partial charge is 0.343 e. The molecule has 5 N–H and O–H groups in total. The van der Waals surface area contributed by atoms with Crippen LogP contribution in [-0.2, 0) is 9.59 Å². The lowest BCUT2D eigenvalue weighted by molar-refractivity contribution is -0.128. The van der Waals surface area contributed by atoms with Gasteiger partial charge in [0.15, 0.2) is 0 Å². The Morgan fingerprint density at radius 2 is 1.89 bits per heavy atom. The predicted molar refractivity (Wildman–Crippen MR) is 101 cm³/mol. The second kappa shape index (κ2) is 9.67. The lowest BCUT2D eigenvalue weighted by Crippen LogP contribution is -2.70. The summed E-state index contributed by atoms with van der Waals surface area (Å²) in [6.45, 7) is 5.04. The number of benzene rings is 1. The van der Waals surface area contributed by atoms with Crippen LogP contribution < -0.4 is 21.7 Å². The van der Waals surface area contributed by atoms with E-state index >= 15 is 0 Å². The van der Waals surface area contributed by atoms with Crippen LogP contribution >= 0.6 is 11.8 Å². The molecule has 0 spiro atoms. The Morgan fingerprint density at radius 1 is 1.26 bits per heavy atom. The molecule has 3 atom stereocenters. The van der Waals surface area contributed by atoms with Crippen molar-refractivity contribution in [2.24, 2.45) is 5.73 Å². The quantitative estimate of drug-likeness (QED) is 0.507. The third-order valence-electron chi connectivity index (χ3n) is 4.14. The monoisotopic (exact) mass is 397 g/mol. The highest BCUT2D eigenvalue weighted by molar-refractivity contribution is 8.00. The normalized spacial score (nSPS) is 22.1. The van der Waals surface area contributed by atoms with E-state index in [0.29, 0.717) is 13.1 Å². The molecule has 1 heterocycles. The molecule has 1 fully saturated rings. The van der Waals surface area contributed by atoms with Crippen LogP contribution in [-0.4, -0.2) is 59.2 Å². The average Bonchev–Trinajstić information content (AvgIpc) is 2.64. The molecular weight excluding hydrogens is 373 g/mol. The average molecular weight is 397 g/mol. The fourth-order valence-electron chi connectivity index (χ4n) is 2.59. The van der Waals surface area contributed by atoms with Gasteiger partial charge in [-0.2, -0.15) is 0 Å². The smallest absolute Gasteiger partial charge is 0.252 e. The maximum atomic E-state index is 12.9. The van der Waals surface area contributed by atoms with Gasteiger partial charge in [0, 0.05) is 18.7 Å². The second-order valence-electron chi connectivity index (χ2n) is 5.92. The Kier molecular flexibility index (Phi) is 7.57. The van der Waals surface area contributed by atoms with Crippen LogP contribution in [0.25, 0.3) is 0 Å². The number of nitrogens with one attached hydrogen (secondary N) is 3. The number of nitrogens with zero attached hydrogens (tertiary/aromatic N) is 1. The summed E-state index contributed by atoms with van der Waals surface area (Å²) in [7, 11) is 0. The Hall–Kier alpha value is -2.17. The molecule has 2 rings (SSSR count). The van der Waals surface area contributed by atoms with E-state index in [9.17, 15) is 18.8 Å². The number of hydrogen-bond donors (Lipinski definition) is 4. The zero-order valence-corrected chi connectivity index (χ0v) is 16.0. The highest BCUT2D eigenvalue weighted by atomic mass is 32.2. The van der Waals surface area contributed by atoms with Gasteiger partial charge in [0.1, 0.15) is 17.4 Å². The molecule has 0 aliphatic carbocycles. The minimum atomic E-state index is -0.988. The standard InChI is InChI=1S/C17H24FN5O3S/c1-3-23(4-2)12(24)9-27-17-21-14(19)13(16(26)22-17)20-15(25)10-5-7-11(18)8-6-10/h5-8,13-14,17,21H,3-4,9,19H2,1-2H3,(H,20,25)(H,22,26). The van der Waals surface area contributed by atoms with Crippen molar-refractivity contribution >= 4 is 29.5 Å². The lowest BCUT2D eigenvalue weighted by atomic mass is 10.1. The van der Waals surface area contributed by atoms with E-state index in [1.165, 1.54) is 23.9 Å². The third kappa shape index (κ3) is 5.65. The van der Waals surface area contributed by atoms with Crippen LogP contribution in [0.3, 0.4) is 0 Å². The summed E-state index contributed by atoms with van der Waals surface area (Å²) in [6, 6.07) is 3.98. The minimum Gasteiger partial charge on any atom is -0.343 e. The van der Waals surface area contributed by atoms with Crippen LogP contribution in [0.2, 0.25) is 0 Å². The van der Waals surface area contributed by atoms with Gasteiger partial charge in [-0.15, -0.1) is 11.8 Å². The van der Waals surface area contributed by atoms with Crippen molar-refractivity contribution in [1.29, 1.82) is 0 Å². The molecule has 0 aromatic heterocycles. The molecule has 1 saturated heterocycles. The van der Waals surface area contributed by atoms with Gasteiger partial charge in [-0.25, -0.2) is 4.39 Å². The first-order valence-corrected chi connectivity index (χ1v) is 9.68. The van der Waals surface area contributed by atoms with Crippen LogP contribution in [0, 0.1) is 5.82 Å². The Labute approximate surface area is 161 Å². The van der Waals surface area contributed by atoms with Crippen molar-refractivity contribution in [3.05, 3.63) is 35.6 Å². The molecule has 0 saturated carbocycles. The van der Waals surface area contributed by atoms with E-state index in [4.69, 9.17) is 5.73 Å². The van der Waals surface area contributed by atoms with Gasteiger partial charge < -0.3 is 21.3 Å². The first kappa shape index (κ1) is 21.1. The number of thioether (sulfide) groups is 1. The van der Waals surface area contributed by atoms with Crippen LogP contribution in [0.5, 0.6) is 0 Å². The Balaban J connectivity index is 1.89. The van der Waals surface area contributed by atoms with E-state index in [1.807, 2.05) is 13.8 Å². The van der Waals surface area contributed by atoms with Gasteiger partial charge in [0.2, 0.25) is 11.8 Å². The molecule has 8 nitrogen and oxygen atoms in total. The first-order chi connectivity index (χ1) is 12.8. The van der Waals surface area contributed by atoms with Crippen molar-refractivity contribution < 1.29 is 18.8 Å². The van der Waals surface area contributed by atoms with Crippen LogP contribution in [0.1, 0.15) is 24.2 Å². The highest BCUT2D eigenvalue weighted by Gasteiger charge is 2.35. The fraction of sp³-hybridized carbons (Fsp3) is 0.471. The van der Waals surface area contributed by atoms with Gasteiger partial charge in [0.05, 0.1) is 11.9 Å². The molecule has 148 valence electrons. The lowest BCUT2D eigenvalue weighted by Gasteiger charge is -2.35. The summed E-state index contributed by atoms with van der Waals surface area (Å²) < 4.78 is 12.9. The zero-order valence-electron chi connectivity index (χ0n) is 15.2. The summed E-state index contributed by atoms with van der Waals surface area (Å²) >= 11 is 1.22. The minimum absolute atomic E-state index is 0.0265. The van der Waals surface area contributed by atoms with Crippen molar-refractivity contribution in [1.82, 2.24) is 20.9 Å². The SMILES string of the molecule is CCN(CC)C(=O)CSC1NC(=O)C(NC(=O)c2ccc(F)cc2)C(N)N1. The number of amides is 3. The molecule has 1 aliphatic rings. The Bertz CT molecular complexity index is 684. The number of rotatable bonds is 7. The number of carbonyl (C=O) groups excluding carboxylic acids is 3. The van der Waals surface area contributed by atoms with Crippen molar-refractivity contribution in [3.8, 4) is 0 Å². The summed E-state index contributed by atoms with van der Waals surface area (Å²) in [5.74, 6) is -1.28. The van der Waals surface area contributed by atoms with Crippen molar-refractivity contribution in [2.45, 2.75) is 31.6 Å². The van der Waals surface area contributed by atoms with Crippen LogP contribution in [0.15, 0.2) is 24.3 Å². The van der Waals surface area contributed by atoms with Crippen LogP contribution in [0.4, 0.5) is 4.39 Å². The topological polar surface area (TPSA) is 117 Å². The van der Waals surface area contributed by atoms with E-state index in [-0.39, 0.29) is 17.2 Å². The Morgan fingerprint density at radius 3 is 2.44 bits per heavy atom. The molecule has 1 aromatic carbocycles. The number of hydrogen-bond acceptors (Lipinski definition) is 6. The molecular formula is C17H24FN5O3S. The highest BCUT2D eigenvalue weighted by Crippen LogP contribution is 2.12. The molecule has 27 heavy (non-hydrogen) atoms. The summed E-state index contributed by atoms with van der Waals surface area (Å²) in [5, 5.41) is 8.17. The third-order valence-corrected chi connectivity index (χ3v) is 5.14. The molecule has 10 heteroatoms. The first-order valence-electron chi connectivity index (χ1n) is 8.63. The molecule has 0 bridgehead atoms. The molecule has 3 unspecified atom stereocenters. The zero-order chi connectivity index (χ0) is 20.0. The number of carbonyl (C=O) groups is 3. The van der Waals surface area contributed by atoms with Gasteiger partial charge in [-0.05, 0) is 38.1 Å². The molecule has 3 amide bonds. The van der Waals surface area contributed by atoms with E-state index in [2.05, 4.69) is 16.0 Å². The maximum absolute atomic E-state index is 12.9. The van der Waals surface area contributed by atoms with Gasteiger partial charge >= 0.3 is 0 Å².